The molecule has 2 aromatic carbocycles. The monoisotopic (exact) mass is 412 g/mol. The summed E-state index contributed by atoms with van der Waals surface area (Å²) in [5, 5.41) is 9.91. The second kappa shape index (κ2) is 8.24. The maximum absolute atomic E-state index is 13.7. The van der Waals surface area contributed by atoms with Crippen molar-refractivity contribution in [2.45, 2.75) is 37.2 Å². The van der Waals surface area contributed by atoms with Crippen LogP contribution in [0.5, 0.6) is 5.75 Å². The van der Waals surface area contributed by atoms with E-state index in [4.69, 9.17) is 4.74 Å². The van der Waals surface area contributed by atoms with Gasteiger partial charge in [-0.2, -0.15) is 0 Å². The van der Waals surface area contributed by atoms with Crippen molar-refractivity contribution in [3.8, 4) is 5.75 Å². The van der Waals surface area contributed by atoms with Gasteiger partial charge in [-0.05, 0) is 36.8 Å². The van der Waals surface area contributed by atoms with Gasteiger partial charge in [-0.15, -0.1) is 10.2 Å². The van der Waals surface area contributed by atoms with E-state index in [1.165, 1.54) is 23.9 Å². The highest BCUT2D eigenvalue weighted by Crippen LogP contribution is 2.29. The van der Waals surface area contributed by atoms with Crippen molar-refractivity contribution in [3.05, 3.63) is 64.2 Å². The van der Waals surface area contributed by atoms with Gasteiger partial charge in [-0.3, -0.25) is 13.8 Å². The molecule has 6 nitrogen and oxygen atoms in total. The van der Waals surface area contributed by atoms with E-state index in [1.807, 2.05) is 28.7 Å². The number of fused-ring (bicyclic) bond motifs is 3. The molecule has 0 saturated heterocycles. The first kappa shape index (κ1) is 19.4. The Morgan fingerprint density at radius 2 is 2.00 bits per heavy atom. The molecule has 0 saturated carbocycles. The molecule has 4 aromatic rings. The van der Waals surface area contributed by atoms with E-state index in [0.717, 1.165) is 23.9 Å². The van der Waals surface area contributed by atoms with Crippen LogP contribution in [0.25, 0.3) is 16.7 Å². The Hall–Kier alpha value is -2.87. The molecule has 0 spiro atoms. The molecule has 0 radical (unpaired) electrons. The fourth-order valence-electron chi connectivity index (χ4n) is 3.35. The van der Waals surface area contributed by atoms with Gasteiger partial charge in [-0.1, -0.05) is 37.2 Å². The molecule has 0 N–H and O–H groups in total. The Bertz CT molecular complexity index is 1230. The van der Waals surface area contributed by atoms with E-state index < -0.39 is 0 Å². The average molecular weight is 412 g/mol. The molecule has 0 atom stereocenters. The maximum Gasteiger partial charge on any atom is 0.262 e. The molecule has 29 heavy (non-hydrogen) atoms. The minimum absolute atomic E-state index is 0.0581. The van der Waals surface area contributed by atoms with E-state index in [9.17, 15) is 9.18 Å². The molecule has 0 aliphatic rings. The number of hydrogen-bond acceptors (Lipinski definition) is 5. The van der Waals surface area contributed by atoms with E-state index in [1.54, 1.807) is 17.7 Å². The van der Waals surface area contributed by atoms with Gasteiger partial charge >= 0.3 is 0 Å². The van der Waals surface area contributed by atoms with Crippen LogP contribution in [0, 0.1) is 5.82 Å². The van der Waals surface area contributed by atoms with Gasteiger partial charge in [0.15, 0.2) is 5.16 Å². The Morgan fingerprint density at radius 1 is 1.17 bits per heavy atom. The fourth-order valence-corrected chi connectivity index (χ4v) is 4.26. The third-order valence-corrected chi connectivity index (χ3v) is 5.79. The summed E-state index contributed by atoms with van der Waals surface area (Å²) in [7, 11) is 1.56. The quantitative estimate of drug-likeness (QED) is 0.424. The lowest BCUT2D eigenvalue weighted by Gasteiger charge is -2.11. The number of benzene rings is 2. The molecular formula is C21H21FN4O2S. The second-order valence-electron chi connectivity index (χ2n) is 6.69. The lowest BCUT2D eigenvalue weighted by atomic mass is 10.2. The van der Waals surface area contributed by atoms with E-state index >= 15 is 0 Å². The fraction of sp³-hybridized carbons (Fsp3) is 0.286. The molecule has 0 aliphatic heterocycles. The summed E-state index contributed by atoms with van der Waals surface area (Å²) in [6.07, 6.45) is 1.85. The van der Waals surface area contributed by atoms with Crippen LogP contribution in [-0.4, -0.2) is 26.3 Å². The van der Waals surface area contributed by atoms with Gasteiger partial charge in [0.1, 0.15) is 11.6 Å². The zero-order chi connectivity index (χ0) is 20.4. The van der Waals surface area contributed by atoms with Crippen molar-refractivity contribution >= 4 is 28.4 Å². The predicted octanol–water partition coefficient (Wildman–Crippen LogP) is 4.28. The second-order valence-corrected chi connectivity index (χ2v) is 7.63. The highest BCUT2D eigenvalue weighted by molar-refractivity contribution is 7.98. The van der Waals surface area contributed by atoms with Crippen molar-refractivity contribution in [2.75, 3.05) is 7.11 Å². The van der Waals surface area contributed by atoms with Crippen LogP contribution in [0.1, 0.15) is 25.3 Å². The van der Waals surface area contributed by atoms with Gasteiger partial charge in [0.25, 0.3) is 5.56 Å². The summed E-state index contributed by atoms with van der Waals surface area (Å²) in [5.74, 6) is 1.30. The molecule has 2 aromatic heterocycles. The van der Waals surface area contributed by atoms with Gasteiger partial charge in [0.2, 0.25) is 5.78 Å². The molecule has 0 fully saturated rings. The van der Waals surface area contributed by atoms with Gasteiger partial charge in [0, 0.05) is 17.9 Å². The smallest absolute Gasteiger partial charge is 0.262 e. The van der Waals surface area contributed by atoms with Crippen LogP contribution in [0.2, 0.25) is 0 Å². The number of aromatic nitrogens is 4. The summed E-state index contributed by atoms with van der Waals surface area (Å²) < 4.78 is 22.6. The molecule has 150 valence electrons. The Balaban J connectivity index is 1.81. The SMILES string of the molecule is CCCCn1c(=O)c2ccccc2n2c(SCc3cc(F)ccc3OC)nnc12. The number of unbranched alkanes of at least 4 members (excludes halogenated alkanes) is 1. The van der Waals surface area contributed by atoms with Crippen LogP contribution >= 0.6 is 11.8 Å². The highest BCUT2D eigenvalue weighted by Gasteiger charge is 2.17. The van der Waals surface area contributed by atoms with Crippen molar-refractivity contribution < 1.29 is 9.13 Å². The standard InChI is InChI=1S/C21H21FN4O2S/c1-3-4-11-25-19(27)16-7-5-6-8-17(16)26-20(25)23-24-21(26)29-13-14-12-15(22)9-10-18(14)28-2/h5-10,12H,3-4,11,13H2,1-2H3. The predicted molar refractivity (Wildman–Crippen MR) is 112 cm³/mol. The molecule has 0 amide bonds. The number of hydrogen-bond donors (Lipinski definition) is 0. The third kappa shape index (κ3) is 3.60. The van der Waals surface area contributed by atoms with Crippen molar-refractivity contribution in [2.24, 2.45) is 0 Å². The van der Waals surface area contributed by atoms with E-state index in [2.05, 4.69) is 17.1 Å². The minimum Gasteiger partial charge on any atom is -0.496 e. The number of rotatable bonds is 7. The van der Waals surface area contributed by atoms with E-state index in [-0.39, 0.29) is 11.4 Å². The molecule has 0 aliphatic carbocycles. The van der Waals surface area contributed by atoms with Gasteiger partial charge in [0.05, 0.1) is 18.0 Å². The number of ether oxygens (including phenoxy) is 1. The number of thioether (sulfide) groups is 1. The Kier molecular flexibility index (Phi) is 5.53. The van der Waals surface area contributed by atoms with Gasteiger partial charge < -0.3 is 4.74 Å². The lowest BCUT2D eigenvalue weighted by molar-refractivity contribution is 0.410. The summed E-state index contributed by atoms with van der Waals surface area (Å²) in [5.41, 5.74) is 1.44. The normalized spacial score (nSPS) is 11.4. The molecule has 0 unspecified atom stereocenters. The summed E-state index contributed by atoms with van der Waals surface area (Å²) in [4.78, 5) is 13.0. The molecule has 2 heterocycles. The molecule has 4 rings (SSSR count). The zero-order valence-corrected chi connectivity index (χ0v) is 17.1. The summed E-state index contributed by atoms with van der Waals surface area (Å²) >= 11 is 1.43. The largest absolute Gasteiger partial charge is 0.496 e. The van der Waals surface area contributed by atoms with Crippen LogP contribution < -0.4 is 10.3 Å². The minimum atomic E-state index is -0.314. The maximum atomic E-state index is 13.7. The Labute approximate surface area is 171 Å². The van der Waals surface area contributed by atoms with Crippen molar-refractivity contribution in [3.63, 3.8) is 0 Å². The van der Waals surface area contributed by atoms with E-state index in [0.29, 0.717) is 34.4 Å². The first-order valence-electron chi connectivity index (χ1n) is 9.46. The molecule has 0 bridgehead atoms. The van der Waals surface area contributed by atoms with Gasteiger partial charge in [-0.25, -0.2) is 4.39 Å². The number of nitrogens with zero attached hydrogens (tertiary/aromatic N) is 4. The average Bonchev–Trinajstić information content (AvgIpc) is 3.16. The van der Waals surface area contributed by atoms with Crippen LogP contribution in [-0.2, 0) is 12.3 Å². The van der Waals surface area contributed by atoms with Crippen molar-refractivity contribution in [1.82, 2.24) is 19.2 Å². The number of para-hydroxylation sites is 1. The van der Waals surface area contributed by atoms with Crippen LogP contribution in [0.3, 0.4) is 0 Å². The van der Waals surface area contributed by atoms with Crippen LogP contribution in [0.15, 0.2) is 52.4 Å². The van der Waals surface area contributed by atoms with Crippen molar-refractivity contribution in [1.29, 1.82) is 0 Å². The number of aryl methyl sites for hydroxylation is 1. The zero-order valence-electron chi connectivity index (χ0n) is 16.3. The summed E-state index contributed by atoms with van der Waals surface area (Å²) in [6, 6.07) is 11.9. The number of halogens is 1. The first-order chi connectivity index (χ1) is 14.1. The van der Waals surface area contributed by atoms with Crippen LogP contribution in [0.4, 0.5) is 4.39 Å². The third-order valence-electron chi connectivity index (χ3n) is 4.81. The first-order valence-corrected chi connectivity index (χ1v) is 10.4. The molecular weight excluding hydrogens is 391 g/mol. The highest BCUT2D eigenvalue weighted by atomic mass is 32.2. The Morgan fingerprint density at radius 3 is 2.79 bits per heavy atom. The molecule has 8 heteroatoms. The topological polar surface area (TPSA) is 61.4 Å². The lowest BCUT2D eigenvalue weighted by Crippen LogP contribution is -2.23. The summed E-state index contributed by atoms with van der Waals surface area (Å²) in [6.45, 7) is 2.67. The number of methoxy groups -OCH3 is 1.